The number of Topliss-reactive ketones (excluding diaryl/α,β-unsaturated/α-hetero) is 1. The van der Waals surface area contributed by atoms with Crippen LogP contribution in [0.15, 0.2) is 61.1 Å². The lowest BCUT2D eigenvalue weighted by Gasteiger charge is -2.20. The molecule has 9 heteroatoms. The van der Waals surface area contributed by atoms with Gasteiger partial charge in [-0.15, -0.1) is 13.2 Å². The molecular formula is C24H24F3N3O3. The maximum Gasteiger partial charge on any atom is 0.573 e. The first-order valence-electron chi connectivity index (χ1n) is 10.4. The number of benzene rings is 1. The molecule has 1 aromatic carbocycles. The van der Waals surface area contributed by atoms with Crippen LogP contribution in [0.1, 0.15) is 28.8 Å². The Labute approximate surface area is 189 Å². The Morgan fingerprint density at radius 1 is 1.15 bits per heavy atom. The fourth-order valence-electron chi connectivity index (χ4n) is 3.36. The maximum atomic E-state index is 12.8. The molecule has 0 radical (unpaired) electrons. The van der Waals surface area contributed by atoms with Crippen LogP contribution >= 0.6 is 0 Å². The molecule has 0 amide bonds. The van der Waals surface area contributed by atoms with Gasteiger partial charge in [0.05, 0.1) is 6.61 Å². The van der Waals surface area contributed by atoms with Crippen LogP contribution in [0, 0.1) is 0 Å². The second-order valence-electron chi connectivity index (χ2n) is 7.45. The topological polar surface area (TPSA) is 75.5 Å². The van der Waals surface area contributed by atoms with Gasteiger partial charge in [0.1, 0.15) is 11.6 Å². The van der Waals surface area contributed by atoms with Crippen molar-refractivity contribution in [3.8, 4) is 16.9 Å². The van der Waals surface area contributed by atoms with Crippen molar-refractivity contribution in [2.45, 2.75) is 25.6 Å². The predicted octanol–water partition coefficient (Wildman–Crippen LogP) is 4.68. The smallest absolute Gasteiger partial charge is 0.406 e. The summed E-state index contributed by atoms with van der Waals surface area (Å²) < 4.78 is 40.6. The molecule has 2 aromatic heterocycles. The molecule has 2 heterocycles. The minimum atomic E-state index is -4.72. The molecule has 6 nitrogen and oxygen atoms in total. The highest BCUT2D eigenvalue weighted by atomic mass is 19.4. The molecule has 0 bridgehead atoms. The molecule has 0 spiro atoms. The van der Waals surface area contributed by atoms with E-state index >= 15 is 0 Å². The van der Waals surface area contributed by atoms with Crippen LogP contribution in [0.4, 0.5) is 19.0 Å². The van der Waals surface area contributed by atoms with E-state index in [4.69, 9.17) is 0 Å². The lowest BCUT2D eigenvalue weighted by atomic mass is 10.0. The van der Waals surface area contributed by atoms with Crippen molar-refractivity contribution in [2.75, 3.05) is 25.1 Å². The number of pyridine rings is 2. The molecule has 0 saturated carbocycles. The molecule has 3 rings (SSSR count). The number of anilines is 1. The summed E-state index contributed by atoms with van der Waals surface area (Å²) in [6.07, 6.45) is 1.48. The van der Waals surface area contributed by atoms with Gasteiger partial charge in [-0.25, -0.2) is 4.98 Å². The fraction of sp³-hybridized carbons (Fsp3) is 0.292. The normalized spacial score (nSPS) is 11.3. The molecule has 0 fully saturated rings. The fourth-order valence-corrected chi connectivity index (χ4v) is 3.36. The highest BCUT2D eigenvalue weighted by Gasteiger charge is 2.30. The zero-order chi connectivity index (χ0) is 23.8. The quantitative estimate of drug-likeness (QED) is 0.444. The van der Waals surface area contributed by atoms with E-state index in [0.29, 0.717) is 30.8 Å². The monoisotopic (exact) mass is 459 g/mol. The van der Waals surface area contributed by atoms with Crippen LogP contribution in [-0.2, 0) is 6.42 Å². The molecule has 174 valence electrons. The SMILES string of the molecule is CN(CCO)c1ncc(C(=O)CCCc2ccc(OC(F)(F)F)cc2)cc1-c1cccnc1. The van der Waals surface area contributed by atoms with Crippen LogP contribution in [-0.4, -0.2) is 47.4 Å². The summed E-state index contributed by atoms with van der Waals surface area (Å²) in [5.41, 5.74) is 2.82. The zero-order valence-corrected chi connectivity index (χ0v) is 18.0. The number of carbonyl (C=O) groups excluding carboxylic acids is 1. The van der Waals surface area contributed by atoms with E-state index in [1.165, 1.54) is 18.3 Å². The number of rotatable bonds is 10. The van der Waals surface area contributed by atoms with Crippen LogP contribution in [0.2, 0.25) is 0 Å². The lowest BCUT2D eigenvalue weighted by molar-refractivity contribution is -0.274. The lowest BCUT2D eigenvalue weighted by Crippen LogP contribution is -2.23. The molecule has 0 aliphatic rings. The largest absolute Gasteiger partial charge is 0.573 e. The standard InChI is InChI=1S/C24H24F3N3O3/c1-30(12-13-31)23-21(18-5-3-11-28-15-18)14-19(16-29-23)22(32)6-2-4-17-7-9-20(10-8-17)33-24(25,26)27/h3,5,7-11,14-16,31H,2,4,6,12-13H2,1H3. The average molecular weight is 459 g/mol. The molecule has 3 aromatic rings. The number of halogens is 3. The second-order valence-corrected chi connectivity index (χ2v) is 7.45. The summed E-state index contributed by atoms with van der Waals surface area (Å²) in [6, 6.07) is 11.1. The number of aliphatic hydroxyl groups excluding tert-OH is 1. The number of alkyl halides is 3. The number of likely N-dealkylation sites (N-methyl/N-ethyl adjacent to an activating group) is 1. The van der Waals surface area contributed by atoms with Crippen molar-refractivity contribution in [1.29, 1.82) is 0 Å². The molecule has 0 atom stereocenters. The third kappa shape index (κ3) is 7.01. The van der Waals surface area contributed by atoms with Gasteiger partial charge in [-0.1, -0.05) is 18.2 Å². The third-order valence-corrected chi connectivity index (χ3v) is 4.98. The number of nitrogens with zero attached hydrogens (tertiary/aromatic N) is 3. The number of aliphatic hydroxyl groups is 1. The first-order valence-corrected chi connectivity index (χ1v) is 10.4. The number of aryl methyl sites for hydroxylation is 1. The van der Waals surface area contributed by atoms with Gasteiger partial charge in [-0.05, 0) is 42.7 Å². The summed E-state index contributed by atoms with van der Waals surface area (Å²) in [5, 5.41) is 9.27. The molecule has 33 heavy (non-hydrogen) atoms. The molecule has 0 aliphatic heterocycles. The molecule has 0 aliphatic carbocycles. The summed E-state index contributed by atoms with van der Waals surface area (Å²) in [4.78, 5) is 23.2. The Morgan fingerprint density at radius 3 is 2.55 bits per heavy atom. The van der Waals surface area contributed by atoms with Gasteiger partial charge in [-0.2, -0.15) is 0 Å². The van der Waals surface area contributed by atoms with E-state index in [1.807, 2.05) is 18.0 Å². The van der Waals surface area contributed by atoms with Gasteiger partial charge in [-0.3, -0.25) is 9.78 Å². The molecular weight excluding hydrogens is 435 g/mol. The van der Waals surface area contributed by atoms with Crippen molar-refractivity contribution in [2.24, 2.45) is 0 Å². The highest BCUT2D eigenvalue weighted by Crippen LogP contribution is 2.29. The van der Waals surface area contributed by atoms with Crippen molar-refractivity contribution in [3.05, 3.63) is 72.2 Å². The Morgan fingerprint density at radius 2 is 1.91 bits per heavy atom. The molecule has 1 N–H and O–H groups in total. The van der Waals surface area contributed by atoms with Crippen molar-refractivity contribution >= 4 is 11.6 Å². The number of carbonyl (C=O) groups is 1. The first-order chi connectivity index (χ1) is 15.8. The minimum absolute atomic E-state index is 0.0331. The maximum absolute atomic E-state index is 12.8. The van der Waals surface area contributed by atoms with Crippen LogP contribution in [0.3, 0.4) is 0 Å². The Kier molecular flexibility index (Phi) is 8.00. The van der Waals surface area contributed by atoms with E-state index in [9.17, 15) is 23.1 Å². The predicted molar refractivity (Wildman–Crippen MR) is 118 cm³/mol. The number of hydrogen-bond donors (Lipinski definition) is 1. The van der Waals surface area contributed by atoms with Crippen molar-refractivity contribution < 1.29 is 27.8 Å². The van der Waals surface area contributed by atoms with Gasteiger partial charge in [0.2, 0.25) is 0 Å². The Bertz CT molecular complexity index is 1060. The minimum Gasteiger partial charge on any atom is -0.406 e. The number of hydrogen-bond acceptors (Lipinski definition) is 6. The van der Waals surface area contributed by atoms with Gasteiger partial charge < -0.3 is 14.7 Å². The van der Waals surface area contributed by atoms with Gasteiger partial charge in [0, 0.05) is 55.3 Å². The summed E-state index contributed by atoms with van der Waals surface area (Å²) in [5.74, 6) is 0.276. The Hall–Kier alpha value is -3.46. The van der Waals surface area contributed by atoms with Crippen molar-refractivity contribution in [3.63, 3.8) is 0 Å². The molecule has 0 unspecified atom stereocenters. The van der Waals surface area contributed by atoms with Crippen LogP contribution in [0.5, 0.6) is 5.75 Å². The van der Waals surface area contributed by atoms with Gasteiger partial charge in [0.25, 0.3) is 0 Å². The van der Waals surface area contributed by atoms with Gasteiger partial charge >= 0.3 is 6.36 Å². The number of ether oxygens (including phenoxy) is 1. The zero-order valence-electron chi connectivity index (χ0n) is 18.0. The van der Waals surface area contributed by atoms with E-state index in [2.05, 4.69) is 14.7 Å². The van der Waals surface area contributed by atoms with E-state index in [0.717, 1.165) is 16.7 Å². The Balaban J connectivity index is 1.67. The summed E-state index contributed by atoms with van der Waals surface area (Å²) in [7, 11) is 1.81. The van der Waals surface area contributed by atoms with Crippen LogP contribution < -0.4 is 9.64 Å². The van der Waals surface area contributed by atoms with Crippen molar-refractivity contribution in [1.82, 2.24) is 9.97 Å². The average Bonchev–Trinajstić information content (AvgIpc) is 2.79. The first kappa shape index (κ1) is 24.2. The van der Waals surface area contributed by atoms with E-state index < -0.39 is 6.36 Å². The van der Waals surface area contributed by atoms with E-state index in [1.54, 1.807) is 36.7 Å². The highest BCUT2D eigenvalue weighted by molar-refractivity contribution is 5.97. The van der Waals surface area contributed by atoms with E-state index in [-0.39, 0.29) is 24.6 Å². The van der Waals surface area contributed by atoms with Crippen LogP contribution in [0.25, 0.3) is 11.1 Å². The number of aromatic nitrogens is 2. The molecule has 0 saturated heterocycles. The summed E-state index contributed by atoms with van der Waals surface area (Å²) in [6.45, 7) is 0.356. The second kappa shape index (κ2) is 10.9. The summed E-state index contributed by atoms with van der Waals surface area (Å²) >= 11 is 0. The number of ketones is 1. The van der Waals surface area contributed by atoms with Gasteiger partial charge in [0.15, 0.2) is 5.78 Å². The third-order valence-electron chi connectivity index (χ3n) is 4.98.